The first-order valence-electron chi connectivity index (χ1n) is 6.62. The Hall–Kier alpha value is -1.56. The molecule has 0 N–H and O–H groups in total. The third-order valence-electron chi connectivity index (χ3n) is 3.31. The van der Waals surface area contributed by atoms with Gasteiger partial charge >= 0.3 is 5.97 Å². The van der Waals surface area contributed by atoms with Crippen molar-refractivity contribution in [2.75, 3.05) is 19.7 Å². The number of hydrogen-bond donors (Lipinski definition) is 0. The first-order chi connectivity index (χ1) is 9.54. The number of carbonyl (C=O) groups is 2. The predicted octanol–water partition coefficient (Wildman–Crippen LogP) is 2.05. The van der Waals surface area contributed by atoms with Crippen LogP contribution in [0, 0.1) is 12.8 Å². The second kappa shape index (κ2) is 6.26. The molecule has 110 valence electrons. The van der Waals surface area contributed by atoms with Crippen molar-refractivity contribution in [3.05, 3.63) is 16.5 Å². The number of hydrogen-bond acceptors (Lipinski definition) is 5. The van der Waals surface area contributed by atoms with Crippen molar-refractivity contribution < 1.29 is 18.8 Å². The van der Waals surface area contributed by atoms with Crippen LogP contribution >= 0.6 is 11.6 Å². The number of carbonyl (C=O) groups excluding carboxylic acids is 2. The lowest BCUT2D eigenvalue weighted by Crippen LogP contribution is -2.42. The molecule has 1 amide bonds. The standard InChI is InChI=1S/C13H17ClN2O4/c1-3-19-13(18)9-5-4-6-16(7-9)12(17)11-10(14)8(2)15-20-11/h9H,3-7H2,1-2H3. The van der Waals surface area contributed by atoms with E-state index in [4.69, 9.17) is 20.9 Å². The molecule has 0 spiro atoms. The van der Waals surface area contributed by atoms with Crippen molar-refractivity contribution in [3.63, 3.8) is 0 Å². The van der Waals surface area contributed by atoms with Crippen LogP contribution in [0.3, 0.4) is 0 Å². The van der Waals surface area contributed by atoms with Gasteiger partial charge in [0.2, 0.25) is 5.76 Å². The van der Waals surface area contributed by atoms with Crippen LogP contribution in [-0.4, -0.2) is 41.6 Å². The highest BCUT2D eigenvalue weighted by Crippen LogP contribution is 2.24. The topological polar surface area (TPSA) is 72.6 Å². The fourth-order valence-corrected chi connectivity index (χ4v) is 2.40. The molecule has 0 bridgehead atoms. The Morgan fingerprint density at radius 1 is 1.55 bits per heavy atom. The highest BCUT2D eigenvalue weighted by atomic mass is 35.5. The molecule has 1 atom stereocenters. The van der Waals surface area contributed by atoms with E-state index in [0.717, 1.165) is 12.8 Å². The van der Waals surface area contributed by atoms with Crippen molar-refractivity contribution >= 4 is 23.5 Å². The molecule has 20 heavy (non-hydrogen) atoms. The molecule has 1 aliphatic heterocycles. The molecule has 0 radical (unpaired) electrons. The zero-order chi connectivity index (χ0) is 14.7. The molecule has 2 heterocycles. The number of piperidine rings is 1. The molecule has 1 aromatic heterocycles. The normalized spacial score (nSPS) is 18.9. The van der Waals surface area contributed by atoms with Gasteiger partial charge < -0.3 is 14.2 Å². The van der Waals surface area contributed by atoms with Gasteiger partial charge in [-0.1, -0.05) is 16.8 Å². The molecule has 1 aliphatic rings. The van der Waals surface area contributed by atoms with E-state index >= 15 is 0 Å². The first-order valence-corrected chi connectivity index (χ1v) is 7.00. The molecule has 0 aliphatic carbocycles. The van der Waals surface area contributed by atoms with Crippen LogP contribution < -0.4 is 0 Å². The number of aromatic nitrogens is 1. The number of rotatable bonds is 3. The summed E-state index contributed by atoms with van der Waals surface area (Å²) < 4.78 is 9.97. The minimum Gasteiger partial charge on any atom is -0.466 e. The summed E-state index contributed by atoms with van der Waals surface area (Å²) in [5.41, 5.74) is 0.481. The Morgan fingerprint density at radius 2 is 2.30 bits per heavy atom. The smallest absolute Gasteiger partial charge is 0.310 e. The molecule has 2 rings (SSSR count). The second-order valence-corrected chi connectivity index (χ2v) is 5.13. The van der Waals surface area contributed by atoms with E-state index in [1.165, 1.54) is 0 Å². The molecule has 1 aromatic rings. The third-order valence-corrected chi connectivity index (χ3v) is 3.76. The summed E-state index contributed by atoms with van der Waals surface area (Å²) in [4.78, 5) is 25.6. The lowest BCUT2D eigenvalue weighted by atomic mass is 9.98. The fourth-order valence-electron chi connectivity index (χ4n) is 2.25. The Balaban J connectivity index is 2.07. The molecular weight excluding hydrogens is 284 g/mol. The molecule has 7 heteroatoms. The number of ether oxygens (including phenoxy) is 1. The lowest BCUT2D eigenvalue weighted by molar-refractivity contribution is -0.149. The van der Waals surface area contributed by atoms with Gasteiger partial charge in [-0.15, -0.1) is 0 Å². The van der Waals surface area contributed by atoms with Crippen LogP contribution in [0.2, 0.25) is 5.02 Å². The zero-order valence-corrected chi connectivity index (χ0v) is 12.3. The maximum Gasteiger partial charge on any atom is 0.310 e. The summed E-state index contributed by atoms with van der Waals surface area (Å²) in [6.07, 6.45) is 1.48. The molecule has 1 fully saturated rings. The maximum atomic E-state index is 12.3. The summed E-state index contributed by atoms with van der Waals surface area (Å²) >= 11 is 5.98. The van der Waals surface area contributed by atoms with E-state index in [-0.39, 0.29) is 28.6 Å². The van der Waals surface area contributed by atoms with Gasteiger partial charge in [-0.25, -0.2) is 0 Å². The van der Waals surface area contributed by atoms with E-state index in [2.05, 4.69) is 5.16 Å². The van der Waals surface area contributed by atoms with E-state index in [9.17, 15) is 9.59 Å². The van der Waals surface area contributed by atoms with Crippen LogP contribution in [0.5, 0.6) is 0 Å². The average molecular weight is 301 g/mol. The van der Waals surface area contributed by atoms with Gasteiger partial charge in [-0.3, -0.25) is 9.59 Å². The second-order valence-electron chi connectivity index (χ2n) is 4.75. The van der Waals surface area contributed by atoms with Crippen molar-refractivity contribution in [3.8, 4) is 0 Å². The Kier molecular flexibility index (Phi) is 4.65. The maximum absolute atomic E-state index is 12.3. The fraction of sp³-hybridized carbons (Fsp3) is 0.615. The largest absolute Gasteiger partial charge is 0.466 e. The van der Waals surface area contributed by atoms with Gasteiger partial charge in [0.1, 0.15) is 5.02 Å². The number of halogens is 1. The molecular formula is C13H17ClN2O4. The van der Waals surface area contributed by atoms with Crippen molar-refractivity contribution in [2.45, 2.75) is 26.7 Å². The van der Waals surface area contributed by atoms with Gasteiger partial charge in [0.15, 0.2) is 0 Å². The Morgan fingerprint density at radius 3 is 2.90 bits per heavy atom. The van der Waals surface area contributed by atoms with E-state index in [1.54, 1.807) is 18.7 Å². The van der Waals surface area contributed by atoms with Gasteiger partial charge in [0.25, 0.3) is 5.91 Å². The quantitative estimate of drug-likeness (QED) is 0.799. The SMILES string of the molecule is CCOC(=O)C1CCCN(C(=O)c2onc(C)c2Cl)C1. The van der Waals surface area contributed by atoms with Gasteiger partial charge in [0, 0.05) is 13.1 Å². The van der Waals surface area contributed by atoms with Gasteiger partial charge in [-0.05, 0) is 26.7 Å². The highest BCUT2D eigenvalue weighted by Gasteiger charge is 2.32. The van der Waals surface area contributed by atoms with E-state index in [0.29, 0.717) is 25.4 Å². The monoisotopic (exact) mass is 300 g/mol. The molecule has 1 saturated heterocycles. The van der Waals surface area contributed by atoms with Crippen LogP contribution in [0.4, 0.5) is 0 Å². The minimum absolute atomic E-state index is 0.0358. The van der Waals surface area contributed by atoms with Crippen molar-refractivity contribution in [1.82, 2.24) is 10.1 Å². The van der Waals surface area contributed by atoms with Crippen molar-refractivity contribution in [2.24, 2.45) is 5.92 Å². The van der Waals surface area contributed by atoms with Gasteiger partial charge in [-0.2, -0.15) is 0 Å². The van der Waals surface area contributed by atoms with Crippen LogP contribution in [0.1, 0.15) is 36.0 Å². The van der Waals surface area contributed by atoms with E-state index in [1.807, 2.05) is 0 Å². The Labute approximate surface area is 122 Å². The van der Waals surface area contributed by atoms with Crippen LogP contribution in [0.25, 0.3) is 0 Å². The number of likely N-dealkylation sites (tertiary alicyclic amines) is 1. The predicted molar refractivity (Wildman–Crippen MR) is 71.5 cm³/mol. The lowest BCUT2D eigenvalue weighted by Gasteiger charge is -2.30. The van der Waals surface area contributed by atoms with E-state index < -0.39 is 0 Å². The highest BCUT2D eigenvalue weighted by molar-refractivity contribution is 6.33. The molecule has 0 aromatic carbocycles. The molecule has 0 saturated carbocycles. The van der Waals surface area contributed by atoms with Crippen LogP contribution in [-0.2, 0) is 9.53 Å². The average Bonchev–Trinajstić information content (AvgIpc) is 2.79. The van der Waals surface area contributed by atoms with Crippen molar-refractivity contribution in [1.29, 1.82) is 0 Å². The summed E-state index contributed by atoms with van der Waals surface area (Å²) in [5, 5.41) is 3.90. The summed E-state index contributed by atoms with van der Waals surface area (Å²) in [5.74, 6) is -0.835. The summed E-state index contributed by atoms with van der Waals surface area (Å²) in [6, 6.07) is 0. The Bertz CT molecular complexity index is 514. The number of esters is 1. The zero-order valence-electron chi connectivity index (χ0n) is 11.5. The minimum atomic E-state index is -0.329. The molecule has 6 nitrogen and oxygen atoms in total. The summed E-state index contributed by atoms with van der Waals surface area (Å²) in [7, 11) is 0. The number of nitrogens with zero attached hydrogens (tertiary/aromatic N) is 2. The molecule has 1 unspecified atom stereocenters. The number of amides is 1. The van der Waals surface area contributed by atoms with Crippen LogP contribution in [0.15, 0.2) is 4.52 Å². The number of aryl methyl sites for hydroxylation is 1. The first kappa shape index (κ1) is 14.8. The van der Waals surface area contributed by atoms with Gasteiger partial charge in [0.05, 0.1) is 18.2 Å². The summed E-state index contributed by atoms with van der Waals surface area (Å²) in [6.45, 7) is 4.68. The third kappa shape index (κ3) is 2.95.